The SMILES string of the molecule is C[C@H](C(=O)N1C[C@@H]2C(=O)CCC(c3ccccc3)(c3ccccc3)[C@@H]2C1)c1ccccc1N(C)C. The van der Waals surface area contributed by atoms with Crippen LogP contribution >= 0.6 is 0 Å². The largest absolute Gasteiger partial charge is 0.377 e. The number of amides is 1. The van der Waals surface area contributed by atoms with Gasteiger partial charge in [-0.3, -0.25) is 9.59 Å². The van der Waals surface area contributed by atoms with E-state index in [0.717, 1.165) is 17.7 Å². The Morgan fingerprint density at radius 3 is 2.06 bits per heavy atom. The second kappa shape index (κ2) is 9.33. The zero-order valence-electron chi connectivity index (χ0n) is 20.9. The van der Waals surface area contributed by atoms with Gasteiger partial charge in [-0.2, -0.15) is 0 Å². The number of para-hydroxylation sites is 1. The van der Waals surface area contributed by atoms with Crippen LogP contribution in [-0.2, 0) is 15.0 Å². The van der Waals surface area contributed by atoms with Crippen molar-refractivity contribution >= 4 is 17.4 Å². The average molecular weight is 467 g/mol. The van der Waals surface area contributed by atoms with Gasteiger partial charge < -0.3 is 9.80 Å². The van der Waals surface area contributed by atoms with E-state index in [9.17, 15) is 9.59 Å². The van der Waals surface area contributed by atoms with Crippen LogP contribution in [-0.4, -0.2) is 43.8 Å². The van der Waals surface area contributed by atoms with Gasteiger partial charge in [-0.1, -0.05) is 78.9 Å². The lowest BCUT2D eigenvalue weighted by molar-refractivity contribution is -0.131. The monoisotopic (exact) mass is 466 g/mol. The zero-order valence-corrected chi connectivity index (χ0v) is 20.9. The highest BCUT2D eigenvalue weighted by Gasteiger charge is 2.55. The number of likely N-dealkylation sites (tertiary alicyclic amines) is 1. The smallest absolute Gasteiger partial charge is 0.229 e. The molecule has 1 aliphatic heterocycles. The molecule has 1 heterocycles. The number of carbonyl (C=O) groups excluding carboxylic acids is 2. The molecule has 5 rings (SSSR count). The molecule has 35 heavy (non-hydrogen) atoms. The van der Waals surface area contributed by atoms with Gasteiger partial charge in [0.1, 0.15) is 5.78 Å². The summed E-state index contributed by atoms with van der Waals surface area (Å²) < 4.78 is 0. The van der Waals surface area contributed by atoms with Crippen LogP contribution in [0.5, 0.6) is 0 Å². The maximum absolute atomic E-state index is 13.9. The minimum atomic E-state index is -0.277. The van der Waals surface area contributed by atoms with Crippen molar-refractivity contribution < 1.29 is 9.59 Å². The van der Waals surface area contributed by atoms with E-state index in [2.05, 4.69) is 59.5 Å². The van der Waals surface area contributed by atoms with Gasteiger partial charge in [0.15, 0.2) is 0 Å². The van der Waals surface area contributed by atoms with E-state index in [-0.39, 0.29) is 29.1 Å². The highest BCUT2D eigenvalue weighted by Crippen LogP contribution is 2.52. The van der Waals surface area contributed by atoms with Gasteiger partial charge in [0.25, 0.3) is 0 Å². The highest BCUT2D eigenvalue weighted by molar-refractivity contribution is 5.89. The fraction of sp³-hybridized carbons (Fsp3) is 0.355. The topological polar surface area (TPSA) is 40.6 Å². The quantitative estimate of drug-likeness (QED) is 0.514. The standard InChI is InChI=1S/C31H34N2O2/c1-22(25-16-10-11-17-28(25)32(2)3)30(35)33-20-26-27(21-33)31(19-18-29(26)34,23-12-6-4-7-13-23)24-14-8-5-9-15-24/h4-17,22,26-27H,18-21H2,1-3H3/t22-,26-,27+/m0/s1. The van der Waals surface area contributed by atoms with Crippen molar-refractivity contribution in [1.82, 2.24) is 4.90 Å². The number of fused-ring (bicyclic) bond motifs is 1. The first kappa shape index (κ1) is 23.3. The number of rotatable bonds is 5. The summed E-state index contributed by atoms with van der Waals surface area (Å²) in [6.45, 7) is 3.11. The van der Waals surface area contributed by atoms with Crippen molar-refractivity contribution in [2.24, 2.45) is 11.8 Å². The van der Waals surface area contributed by atoms with Crippen molar-refractivity contribution in [3.63, 3.8) is 0 Å². The van der Waals surface area contributed by atoms with E-state index in [0.29, 0.717) is 25.3 Å². The average Bonchev–Trinajstić information content (AvgIpc) is 3.36. The minimum Gasteiger partial charge on any atom is -0.377 e. The number of anilines is 1. The maximum Gasteiger partial charge on any atom is 0.229 e. The Morgan fingerprint density at radius 1 is 0.886 bits per heavy atom. The molecule has 3 aromatic carbocycles. The molecule has 180 valence electrons. The summed E-state index contributed by atoms with van der Waals surface area (Å²) in [5.41, 5.74) is 4.30. The molecule has 1 aliphatic carbocycles. The third-order valence-corrected chi connectivity index (χ3v) is 8.28. The fourth-order valence-electron chi connectivity index (χ4n) is 6.52. The number of ketones is 1. The van der Waals surface area contributed by atoms with E-state index >= 15 is 0 Å². The molecule has 2 fully saturated rings. The number of hydrogen-bond acceptors (Lipinski definition) is 3. The lowest BCUT2D eigenvalue weighted by atomic mass is 9.56. The normalized spacial score (nSPS) is 21.9. The summed E-state index contributed by atoms with van der Waals surface area (Å²) in [5.74, 6) is 0.0653. The summed E-state index contributed by atoms with van der Waals surface area (Å²) in [6.07, 6.45) is 1.33. The van der Waals surface area contributed by atoms with Crippen molar-refractivity contribution in [2.45, 2.75) is 31.1 Å². The molecule has 0 N–H and O–H groups in total. The van der Waals surface area contributed by atoms with Gasteiger partial charge in [-0.25, -0.2) is 0 Å². The third-order valence-electron chi connectivity index (χ3n) is 8.28. The van der Waals surface area contributed by atoms with Gasteiger partial charge in [0.05, 0.1) is 5.92 Å². The summed E-state index contributed by atoms with van der Waals surface area (Å²) >= 11 is 0. The molecule has 1 saturated carbocycles. The first-order valence-corrected chi connectivity index (χ1v) is 12.6. The molecule has 0 radical (unpaired) electrons. The summed E-state index contributed by atoms with van der Waals surface area (Å²) in [5, 5.41) is 0. The highest BCUT2D eigenvalue weighted by atomic mass is 16.2. The first-order chi connectivity index (χ1) is 16.9. The van der Waals surface area contributed by atoms with Crippen molar-refractivity contribution in [2.75, 3.05) is 32.1 Å². The van der Waals surface area contributed by atoms with Gasteiger partial charge in [0, 0.05) is 56.5 Å². The molecular formula is C31H34N2O2. The van der Waals surface area contributed by atoms with Gasteiger partial charge in [-0.15, -0.1) is 0 Å². The van der Waals surface area contributed by atoms with Crippen LogP contribution in [0, 0.1) is 11.8 Å². The molecule has 2 aliphatic rings. The van der Waals surface area contributed by atoms with Gasteiger partial charge >= 0.3 is 0 Å². The zero-order chi connectivity index (χ0) is 24.6. The molecular weight excluding hydrogens is 432 g/mol. The molecule has 0 aromatic heterocycles. The van der Waals surface area contributed by atoms with Crippen LogP contribution in [0.15, 0.2) is 84.9 Å². The molecule has 1 amide bonds. The Balaban J connectivity index is 1.53. The predicted molar refractivity (Wildman–Crippen MR) is 141 cm³/mol. The van der Waals surface area contributed by atoms with E-state index < -0.39 is 0 Å². The maximum atomic E-state index is 13.9. The Labute approximate surface area is 208 Å². The Hall–Kier alpha value is -3.40. The number of Topliss-reactive ketones (excluding diaryl/α,β-unsaturated/α-hetero) is 1. The molecule has 1 saturated heterocycles. The van der Waals surface area contributed by atoms with Crippen LogP contribution in [0.4, 0.5) is 5.69 Å². The first-order valence-electron chi connectivity index (χ1n) is 12.6. The number of carbonyl (C=O) groups is 2. The van der Waals surface area contributed by atoms with Gasteiger partial charge in [0.2, 0.25) is 5.91 Å². The number of nitrogens with zero attached hydrogens (tertiary/aromatic N) is 2. The molecule has 0 unspecified atom stereocenters. The Bertz CT molecular complexity index is 1170. The fourth-order valence-corrected chi connectivity index (χ4v) is 6.52. The summed E-state index contributed by atoms with van der Waals surface area (Å²) in [6, 6.07) is 29.3. The molecule has 3 atom stereocenters. The second-order valence-corrected chi connectivity index (χ2v) is 10.3. The van der Waals surface area contributed by atoms with Crippen LogP contribution in [0.1, 0.15) is 42.4 Å². The molecule has 4 nitrogen and oxygen atoms in total. The van der Waals surface area contributed by atoms with E-state index in [1.807, 2.05) is 56.3 Å². The Morgan fingerprint density at radius 2 is 1.46 bits per heavy atom. The van der Waals surface area contributed by atoms with Crippen LogP contribution < -0.4 is 4.90 Å². The van der Waals surface area contributed by atoms with Gasteiger partial charge in [-0.05, 0) is 36.1 Å². The van der Waals surface area contributed by atoms with Crippen molar-refractivity contribution in [3.8, 4) is 0 Å². The minimum absolute atomic E-state index is 0.0637. The van der Waals surface area contributed by atoms with Crippen molar-refractivity contribution in [1.29, 1.82) is 0 Å². The van der Waals surface area contributed by atoms with E-state index in [4.69, 9.17) is 0 Å². The molecule has 3 aromatic rings. The second-order valence-electron chi connectivity index (χ2n) is 10.3. The van der Waals surface area contributed by atoms with Crippen LogP contribution in [0.2, 0.25) is 0 Å². The van der Waals surface area contributed by atoms with E-state index in [1.165, 1.54) is 11.1 Å². The number of hydrogen-bond donors (Lipinski definition) is 0. The summed E-state index contributed by atoms with van der Waals surface area (Å²) in [7, 11) is 4.01. The predicted octanol–water partition coefficient (Wildman–Crippen LogP) is 5.28. The molecule has 0 bridgehead atoms. The van der Waals surface area contributed by atoms with Crippen LogP contribution in [0.3, 0.4) is 0 Å². The van der Waals surface area contributed by atoms with Crippen LogP contribution in [0.25, 0.3) is 0 Å². The van der Waals surface area contributed by atoms with E-state index in [1.54, 1.807) is 0 Å². The third kappa shape index (κ3) is 3.95. The van der Waals surface area contributed by atoms with Crippen molar-refractivity contribution in [3.05, 3.63) is 102 Å². The Kier molecular flexibility index (Phi) is 6.22. The lowest BCUT2D eigenvalue weighted by Gasteiger charge is -2.45. The summed E-state index contributed by atoms with van der Waals surface area (Å²) in [4.78, 5) is 31.1. The molecule has 0 spiro atoms. The lowest BCUT2D eigenvalue weighted by Crippen LogP contribution is -2.47. The number of benzene rings is 3. The molecule has 4 heteroatoms.